The number of carbonyl (C=O) groups excluding carboxylic acids is 4. The number of ketones is 1. The molecule has 2 amide bonds. The molecular formula is C31H24Cl2FNO5. The number of imide groups is 1. The minimum Gasteiger partial charge on any atom is -0.456 e. The third-order valence-corrected chi connectivity index (χ3v) is 9.57. The van der Waals surface area contributed by atoms with Crippen molar-refractivity contribution in [3.05, 3.63) is 106 Å². The molecule has 40 heavy (non-hydrogen) atoms. The van der Waals surface area contributed by atoms with Gasteiger partial charge >= 0.3 is 5.97 Å². The predicted molar refractivity (Wildman–Crippen MR) is 145 cm³/mol. The summed E-state index contributed by atoms with van der Waals surface area (Å²) in [5.74, 6) is -5.83. The molecular weight excluding hydrogens is 556 g/mol. The Balaban J connectivity index is 1.37. The Labute approximate surface area is 240 Å². The molecule has 1 saturated heterocycles. The first-order chi connectivity index (χ1) is 19.0. The molecule has 4 aliphatic rings. The lowest BCUT2D eigenvalue weighted by molar-refractivity contribution is -0.160. The van der Waals surface area contributed by atoms with Crippen molar-refractivity contribution in [3.8, 4) is 0 Å². The zero-order chi connectivity index (χ0) is 28.6. The van der Waals surface area contributed by atoms with Crippen LogP contribution in [0.25, 0.3) is 0 Å². The number of likely N-dealkylation sites (tertiary alicyclic amines) is 1. The SMILES string of the molecule is CC(C)[C@@H](C(=O)OCC(=O)c1ccc(F)cc1)N1C(=O)[C@H]2[C@H](C1=O)C1(Cl)c3ccccc3C2(Cl)c2ccccc21. The summed E-state index contributed by atoms with van der Waals surface area (Å²) >= 11 is 14.9. The van der Waals surface area contributed by atoms with E-state index in [0.29, 0.717) is 22.3 Å². The van der Waals surface area contributed by atoms with E-state index >= 15 is 0 Å². The van der Waals surface area contributed by atoms with Gasteiger partial charge in [0.15, 0.2) is 12.4 Å². The van der Waals surface area contributed by atoms with Gasteiger partial charge in [-0.3, -0.25) is 19.3 Å². The molecule has 3 aromatic carbocycles. The smallest absolute Gasteiger partial charge is 0.330 e. The van der Waals surface area contributed by atoms with E-state index < -0.39 is 69.5 Å². The minimum atomic E-state index is -1.38. The van der Waals surface area contributed by atoms with Gasteiger partial charge in [0.1, 0.15) is 21.6 Å². The van der Waals surface area contributed by atoms with Gasteiger partial charge in [0.2, 0.25) is 11.8 Å². The zero-order valence-corrected chi connectivity index (χ0v) is 23.1. The molecule has 0 spiro atoms. The van der Waals surface area contributed by atoms with E-state index in [1.165, 1.54) is 12.1 Å². The summed E-state index contributed by atoms with van der Waals surface area (Å²) in [5, 5.41) is 0. The molecule has 0 unspecified atom stereocenters. The number of amides is 2. The topological polar surface area (TPSA) is 80.8 Å². The third-order valence-electron chi connectivity index (χ3n) is 8.28. The molecule has 0 radical (unpaired) electrons. The van der Waals surface area contributed by atoms with Crippen molar-refractivity contribution in [2.24, 2.45) is 17.8 Å². The van der Waals surface area contributed by atoms with Gasteiger partial charge in [-0.15, -0.1) is 23.2 Å². The molecule has 7 rings (SSSR count). The standard InChI is InChI=1S/C31H24Cl2FNO5/c1-16(2)26(29(39)40-15-23(36)17-11-13-18(34)14-12-17)35-27(37)24-25(28(35)38)31(33)20-8-4-3-7-19(20)30(24,32)21-9-5-6-10-22(21)31/h3-14,16,24-26H,15H2,1-2H3/t24-,25-,26+,30?,31?/m1/s1. The summed E-state index contributed by atoms with van der Waals surface area (Å²) in [6, 6.07) is 18.1. The first-order valence-corrected chi connectivity index (χ1v) is 13.7. The average molecular weight is 580 g/mol. The van der Waals surface area contributed by atoms with Crippen molar-refractivity contribution in [1.82, 2.24) is 4.90 Å². The summed E-state index contributed by atoms with van der Waals surface area (Å²) in [4.78, 5) is 52.5. The molecule has 3 aliphatic carbocycles. The highest BCUT2D eigenvalue weighted by molar-refractivity contribution is 6.36. The number of esters is 1. The number of hydrogen-bond donors (Lipinski definition) is 0. The fourth-order valence-corrected chi connectivity index (χ4v) is 7.68. The molecule has 204 valence electrons. The minimum absolute atomic E-state index is 0.162. The van der Waals surface area contributed by atoms with Crippen molar-refractivity contribution < 1.29 is 28.3 Å². The third kappa shape index (κ3) is 3.47. The number of Topliss-reactive ketones (excluding diaryl/α,β-unsaturated/α-hetero) is 1. The molecule has 1 aliphatic heterocycles. The second-order valence-corrected chi connectivity index (χ2v) is 11.9. The molecule has 0 saturated carbocycles. The fourth-order valence-electron chi connectivity index (χ4n) is 6.58. The first kappa shape index (κ1) is 26.7. The molecule has 0 N–H and O–H groups in total. The van der Waals surface area contributed by atoms with Crippen LogP contribution < -0.4 is 0 Å². The molecule has 1 heterocycles. The van der Waals surface area contributed by atoms with Gasteiger partial charge < -0.3 is 4.74 Å². The van der Waals surface area contributed by atoms with Crippen LogP contribution in [0.4, 0.5) is 4.39 Å². The molecule has 1 fully saturated rings. The van der Waals surface area contributed by atoms with Crippen LogP contribution in [0.2, 0.25) is 0 Å². The van der Waals surface area contributed by atoms with Crippen LogP contribution in [0, 0.1) is 23.6 Å². The second-order valence-electron chi connectivity index (χ2n) is 10.7. The number of nitrogens with zero attached hydrogens (tertiary/aromatic N) is 1. The Morgan fingerprint density at radius 2 is 1.25 bits per heavy atom. The largest absolute Gasteiger partial charge is 0.456 e. The van der Waals surface area contributed by atoms with E-state index in [9.17, 15) is 23.6 Å². The molecule has 0 aromatic heterocycles. The van der Waals surface area contributed by atoms with Gasteiger partial charge in [-0.2, -0.15) is 0 Å². The molecule has 2 bridgehead atoms. The average Bonchev–Trinajstić information content (AvgIpc) is 3.21. The summed E-state index contributed by atoms with van der Waals surface area (Å²) in [7, 11) is 0. The van der Waals surface area contributed by atoms with E-state index in [0.717, 1.165) is 17.0 Å². The summed E-state index contributed by atoms with van der Waals surface area (Å²) < 4.78 is 18.6. The Morgan fingerprint density at radius 3 is 1.65 bits per heavy atom. The molecule has 6 nitrogen and oxygen atoms in total. The maximum atomic E-state index is 14.2. The number of rotatable bonds is 6. The van der Waals surface area contributed by atoms with Crippen LogP contribution >= 0.6 is 23.2 Å². The highest BCUT2D eigenvalue weighted by atomic mass is 35.5. The van der Waals surface area contributed by atoms with E-state index in [4.69, 9.17) is 27.9 Å². The highest BCUT2D eigenvalue weighted by Crippen LogP contribution is 2.69. The van der Waals surface area contributed by atoms with E-state index in [2.05, 4.69) is 0 Å². The maximum Gasteiger partial charge on any atom is 0.330 e. The number of halogens is 3. The molecule has 3 aromatic rings. The normalized spacial score (nSPS) is 26.8. The Bertz CT molecular complexity index is 1470. The zero-order valence-electron chi connectivity index (χ0n) is 21.6. The van der Waals surface area contributed by atoms with Crippen LogP contribution in [-0.4, -0.2) is 41.1 Å². The highest BCUT2D eigenvalue weighted by Gasteiger charge is 2.74. The van der Waals surface area contributed by atoms with Gasteiger partial charge in [-0.25, -0.2) is 9.18 Å². The van der Waals surface area contributed by atoms with Gasteiger partial charge in [0, 0.05) is 5.56 Å². The first-order valence-electron chi connectivity index (χ1n) is 12.9. The fraction of sp³-hybridized carbons (Fsp3) is 0.290. The van der Waals surface area contributed by atoms with E-state index in [1.54, 1.807) is 13.8 Å². The number of hydrogen-bond acceptors (Lipinski definition) is 5. The van der Waals surface area contributed by atoms with Gasteiger partial charge in [0.05, 0.1) is 11.8 Å². The van der Waals surface area contributed by atoms with E-state index in [1.807, 2.05) is 48.5 Å². The van der Waals surface area contributed by atoms with E-state index in [-0.39, 0.29) is 5.56 Å². The van der Waals surface area contributed by atoms with Crippen molar-refractivity contribution in [3.63, 3.8) is 0 Å². The quantitative estimate of drug-likeness (QED) is 0.174. The van der Waals surface area contributed by atoms with Crippen molar-refractivity contribution in [2.45, 2.75) is 29.6 Å². The monoisotopic (exact) mass is 579 g/mol. The van der Waals surface area contributed by atoms with Gasteiger partial charge in [-0.05, 0) is 52.4 Å². The lowest BCUT2D eigenvalue weighted by Crippen LogP contribution is -2.57. The van der Waals surface area contributed by atoms with Crippen LogP contribution in [0.3, 0.4) is 0 Å². The van der Waals surface area contributed by atoms with Crippen LogP contribution in [-0.2, 0) is 28.9 Å². The Kier molecular flexibility index (Phi) is 6.16. The van der Waals surface area contributed by atoms with Crippen molar-refractivity contribution in [1.29, 1.82) is 0 Å². The van der Waals surface area contributed by atoms with Gasteiger partial charge in [0.25, 0.3) is 0 Å². The van der Waals surface area contributed by atoms with Crippen molar-refractivity contribution in [2.75, 3.05) is 6.61 Å². The number of carbonyl (C=O) groups is 4. The summed E-state index contributed by atoms with van der Waals surface area (Å²) in [6.45, 7) is 2.73. The van der Waals surface area contributed by atoms with Crippen LogP contribution in [0.15, 0.2) is 72.8 Å². The Morgan fingerprint density at radius 1 is 0.825 bits per heavy atom. The Hall–Kier alpha value is -3.55. The number of ether oxygens (including phenoxy) is 1. The van der Waals surface area contributed by atoms with Crippen LogP contribution in [0.1, 0.15) is 46.5 Å². The summed E-state index contributed by atoms with van der Waals surface area (Å²) in [6.07, 6.45) is 0. The number of alkyl halides is 2. The molecule has 3 atom stereocenters. The summed E-state index contributed by atoms with van der Waals surface area (Å²) in [5.41, 5.74) is 2.78. The number of benzene rings is 3. The van der Waals surface area contributed by atoms with Crippen molar-refractivity contribution >= 4 is 46.8 Å². The predicted octanol–water partition coefficient (Wildman–Crippen LogP) is 5.17. The lowest BCUT2D eigenvalue weighted by atomic mass is 9.54. The van der Waals surface area contributed by atoms with Crippen LogP contribution in [0.5, 0.6) is 0 Å². The lowest BCUT2D eigenvalue weighted by Gasteiger charge is -2.54. The second kappa shape index (κ2) is 9.25. The molecule has 9 heteroatoms. The van der Waals surface area contributed by atoms with Gasteiger partial charge in [-0.1, -0.05) is 62.4 Å². The maximum absolute atomic E-state index is 14.2.